The standard InChI is InChI=1S/C12H19N3/c1-15-6-4-12(13)11(9-15)7-10-3-2-5-14-8-10/h2-3,5,8,11-12H,4,6-7,9,13H2,1H3. The molecule has 82 valence electrons. The molecule has 15 heavy (non-hydrogen) atoms. The highest BCUT2D eigenvalue weighted by atomic mass is 15.1. The number of hydrogen-bond donors (Lipinski definition) is 1. The quantitative estimate of drug-likeness (QED) is 0.780. The second-order valence-electron chi connectivity index (χ2n) is 4.54. The molecular weight excluding hydrogens is 186 g/mol. The summed E-state index contributed by atoms with van der Waals surface area (Å²) < 4.78 is 0. The zero-order valence-corrected chi connectivity index (χ0v) is 9.26. The van der Waals surface area contributed by atoms with Gasteiger partial charge in [0.15, 0.2) is 0 Å². The maximum absolute atomic E-state index is 6.14. The molecule has 1 saturated heterocycles. The third-order valence-corrected chi connectivity index (χ3v) is 3.22. The maximum Gasteiger partial charge on any atom is 0.0299 e. The van der Waals surface area contributed by atoms with Crippen LogP contribution in [0.3, 0.4) is 0 Å². The Labute approximate surface area is 91.3 Å². The Bertz CT molecular complexity index is 299. The van der Waals surface area contributed by atoms with E-state index in [4.69, 9.17) is 5.73 Å². The highest BCUT2D eigenvalue weighted by molar-refractivity contribution is 5.10. The molecule has 1 aromatic heterocycles. The van der Waals surface area contributed by atoms with Crippen LogP contribution in [0.2, 0.25) is 0 Å². The van der Waals surface area contributed by atoms with Crippen molar-refractivity contribution in [2.75, 3.05) is 20.1 Å². The summed E-state index contributed by atoms with van der Waals surface area (Å²) in [4.78, 5) is 6.51. The number of rotatable bonds is 2. The first-order valence-corrected chi connectivity index (χ1v) is 5.59. The molecule has 1 aliphatic rings. The van der Waals surface area contributed by atoms with Crippen LogP contribution in [-0.2, 0) is 6.42 Å². The molecule has 3 heteroatoms. The third-order valence-electron chi connectivity index (χ3n) is 3.22. The molecule has 2 N–H and O–H groups in total. The molecule has 2 atom stereocenters. The SMILES string of the molecule is CN1CCC(N)C(Cc2cccnc2)C1. The van der Waals surface area contributed by atoms with Gasteiger partial charge in [-0.25, -0.2) is 0 Å². The van der Waals surface area contributed by atoms with Gasteiger partial charge in [0.1, 0.15) is 0 Å². The normalized spacial score (nSPS) is 27.9. The maximum atomic E-state index is 6.14. The van der Waals surface area contributed by atoms with Crippen LogP contribution in [0.25, 0.3) is 0 Å². The van der Waals surface area contributed by atoms with Gasteiger partial charge in [0.05, 0.1) is 0 Å². The van der Waals surface area contributed by atoms with E-state index in [2.05, 4.69) is 23.0 Å². The van der Waals surface area contributed by atoms with E-state index in [0.29, 0.717) is 12.0 Å². The lowest BCUT2D eigenvalue weighted by atomic mass is 9.88. The fraction of sp³-hybridized carbons (Fsp3) is 0.583. The van der Waals surface area contributed by atoms with E-state index in [1.807, 2.05) is 18.5 Å². The van der Waals surface area contributed by atoms with Gasteiger partial charge in [0, 0.05) is 25.0 Å². The first kappa shape index (κ1) is 10.6. The average Bonchev–Trinajstić information content (AvgIpc) is 2.25. The molecular formula is C12H19N3. The smallest absolute Gasteiger partial charge is 0.0299 e. The summed E-state index contributed by atoms with van der Waals surface area (Å²) >= 11 is 0. The van der Waals surface area contributed by atoms with Crippen molar-refractivity contribution in [3.05, 3.63) is 30.1 Å². The Morgan fingerprint density at radius 3 is 3.20 bits per heavy atom. The van der Waals surface area contributed by atoms with E-state index < -0.39 is 0 Å². The zero-order chi connectivity index (χ0) is 10.7. The lowest BCUT2D eigenvalue weighted by Gasteiger charge is -2.34. The summed E-state index contributed by atoms with van der Waals surface area (Å²) in [7, 11) is 2.17. The molecule has 0 spiro atoms. The van der Waals surface area contributed by atoms with Crippen molar-refractivity contribution >= 4 is 0 Å². The van der Waals surface area contributed by atoms with Gasteiger partial charge in [-0.3, -0.25) is 4.98 Å². The van der Waals surface area contributed by atoms with Crippen molar-refractivity contribution in [1.82, 2.24) is 9.88 Å². The van der Waals surface area contributed by atoms with Crippen molar-refractivity contribution in [2.24, 2.45) is 11.7 Å². The minimum atomic E-state index is 0.349. The van der Waals surface area contributed by atoms with Crippen molar-refractivity contribution < 1.29 is 0 Å². The fourth-order valence-electron chi connectivity index (χ4n) is 2.27. The summed E-state index contributed by atoms with van der Waals surface area (Å²) in [5.41, 5.74) is 7.44. The zero-order valence-electron chi connectivity index (χ0n) is 9.26. The fourth-order valence-corrected chi connectivity index (χ4v) is 2.27. The molecule has 2 heterocycles. The Hall–Kier alpha value is -0.930. The average molecular weight is 205 g/mol. The van der Waals surface area contributed by atoms with Gasteiger partial charge < -0.3 is 10.6 Å². The number of likely N-dealkylation sites (tertiary alicyclic amines) is 1. The minimum absolute atomic E-state index is 0.349. The van der Waals surface area contributed by atoms with Gasteiger partial charge in [-0.1, -0.05) is 6.07 Å². The van der Waals surface area contributed by atoms with E-state index in [-0.39, 0.29) is 0 Å². The largest absolute Gasteiger partial charge is 0.327 e. The van der Waals surface area contributed by atoms with Crippen LogP contribution in [0.1, 0.15) is 12.0 Å². The second kappa shape index (κ2) is 4.73. The Kier molecular flexibility index (Phi) is 3.34. The molecule has 0 saturated carbocycles. The van der Waals surface area contributed by atoms with Crippen LogP contribution < -0.4 is 5.73 Å². The minimum Gasteiger partial charge on any atom is -0.327 e. The molecule has 1 aromatic rings. The second-order valence-corrected chi connectivity index (χ2v) is 4.54. The van der Waals surface area contributed by atoms with Crippen LogP contribution in [0.4, 0.5) is 0 Å². The van der Waals surface area contributed by atoms with Crippen molar-refractivity contribution in [1.29, 1.82) is 0 Å². The van der Waals surface area contributed by atoms with Crippen LogP contribution in [-0.4, -0.2) is 36.1 Å². The molecule has 2 rings (SSSR count). The molecule has 2 unspecified atom stereocenters. The number of nitrogens with zero attached hydrogens (tertiary/aromatic N) is 2. The van der Waals surface area contributed by atoms with Gasteiger partial charge in [-0.05, 0) is 44.0 Å². The molecule has 0 bridgehead atoms. The number of piperidine rings is 1. The Morgan fingerprint density at radius 2 is 2.47 bits per heavy atom. The topological polar surface area (TPSA) is 42.1 Å². The lowest BCUT2D eigenvalue weighted by Crippen LogP contribution is -2.46. The molecule has 0 aromatic carbocycles. The number of pyridine rings is 1. The summed E-state index contributed by atoms with van der Waals surface area (Å²) in [5, 5.41) is 0. The molecule has 1 fully saturated rings. The first-order chi connectivity index (χ1) is 7.25. The van der Waals surface area contributed by atoms with Gasteiger partial charge in [0.2, 0.25) is 0 Å². The molecule has 0 amide bonds. The van der Waals surface area contributed by atoms with Gasteiger partial charge in [-0.2, -0.15) is 0 Å². The number of hydrogen-bond acceptors (Lipinski definition) is 3. The van der Waals surface area contributed by atoms with Crippen LogP contribution >= 0.6 is 0 Å². The van der Waals surface area contributed by atoms with E-state index in [1.165, 1.54) is 5.56 Å². The van der Waals surface area contributed by atoms with Crippen LogP contribution in [0, 0.1) is 5.92 Å². The highest BCUT2D eigenvalue weighted by Gasteiger charge is 2.24. The molecule has 3 nitrogen and oxygen atoms in total. The van der Waals surface area contributed by atoms with Gasteiger partial charge >= 0.3 is 0 Å². The highest BCUT2D eigenvalue weighted by Crippen LogP contribution is 2.18. The van der Waals surface area contributed by atoms with Gasteiger partial charge in [-0.15, -0.1) is 0 Å². The predicted octanol–water partition coefficient (Wildman–Crippen LogP) is 0.903. The summed E-state index contributed by atoms with van der Waals surface area (Å²) in [5.74, 6) is 0.577. The first-order valence-electron chi connectivity index (χ1n) is 5.59. The van der Waals surface area contributed by atoms with E-state index >= 15 is 0 Å². The van der Waals surface area contributed by atoms with Crippen molar-refractivity contribution in [2.45, 2.75) is 18.9 Å². The van der Waals surface area contributed by atoms with E-state index in [9.17, 15) is 0 Å². The van der Waals surface area contributed by atoms with E-state index in [0.717, 1.165) is 25.9 Å². The molecule has 0 radical (unpaired) electrons. The number of aromatic nitrogens is 1. The van der Waals surface area contributed by atoms with Crippen LogP contribution in [0.15, 0.2) is 24.5 Å². The number of nitrogens with two attached hydrogens (primary N) is 1. The van der Waals surface area contributed by atoms with Crippen molar-refractivity contribution in [3.63, 3.8) is 0 Å². The summed E-state index contributed by atoms with van der Waals surface area (Å²) in [6.07, 6.45) is 5.93. The Balaban J connectivity index is 1.98. The van der Waals surface area contributed by atoms with Crippen LogP contribution in [0.5, 0.6) is 0 Å². The lowest BCUT2D eigenvalue weighted by molar-refractivity contribution is 0.185. The molecule has 1 aliphatic heterocycles. The van der Waals surface area contributed by atoms with E-state index in [1.54, 1.807) is 0 Å². The third kappa shape index (κ3) is 2.76. The summed E-state index contributed by atoms with van der Waals surface area (Å²) in [6.45, 7) is 2.24. The monoisotopic (exact) mass is 205 g/mol. The Morgan fingerprint density at radius 1 is 1.60 bits per heavy atom. The predicted molar refractivity (Wildman–Crippen MR) is 61.5 cm³/mol. The summed E-state index contributed by atoms with van der Waals surface area (Å²) in [6, 6.07) is 4.48. The van der Waals surface area contributed by atoms with Crippen molar-refractivity contribution in [3.8, 4) is 0 Å². The van der Waals surface area contributed by atoms with Gasteiger partial charge in [0.25, 0.3) is 0 Å². The molecule has 0 aliphatic carbocycles.